The largest absolute Gasteiger partial charge is 0.489 e. The van der Waals surface area contributed by atoms with Crippen molar-refractivity contribution >= 4 is 50.1 Å². The van der Waals surface area contributed by atoms with Crippen LogP contribution in [0.15, 0.2) is 102 Å². The van der Waals surface area contributed by atoms with Gasteiger partial charge >= 0.3 is 5.97 Å². The second kappa shape index (κ2) is 9.94. The highest BCUT2D eigenvalue weighted by Crippen LogP contribution is 2.34. The summed E-state index contributed by atoms with van der Waals surface area (Å²) in [6, 6.07) is 26.7. The lowest BCUT2D eigenvalue weighted by Gasteiger charge is -2.14. The normalized spacial score (nSPS) is 11.5. The van der Waals surface area contributed by atoms with Crippen molar-refractivity contribution in [3.8, 4) is 16.9 Å². The van der Waals surface area contributed by atoms with Crippen molar-refractivity contribution < 1.29 is 23.1 Å². The number of hydrogen-bond donors (Lipinski definition) is 1. The monoisotopic (exact) mass is 551 g/mol. The number of ether oxygens (including phenoxy) is 1. The first-order valence-electron chi connectivity index (χ1n) is 11.1. The van der Waals surface area contributed by atoms with Crippen LogP contribution in [0.1, 0.15) is 16.1 Å². The minimum absolute atomic E-state index is 0.00473. The van der Waals surface area contributed by atoms with E-state index in [4.69, 9.17) is 27.9 Å². The van der Waals surface area contributed by atoms with E-state index in [9.17, 15) is 18.3 Å². The van der Waals surface area contributed by atoms with Gasteiger partial charge in [-0.25, -0.2) is 17.2 Å². The van der Waals surface area contributed by atoms with E-state index in [1.807, 2.05) is 18.2 Å². The maximum Gasteiger partial charge on any atom is 0.353 e. The zero-order valence-electron chi connectivity index (χ0n) is 19.1. The fourth-order valence-electron chi connectivity index (χ4n) is 4.14. The Hall–Kier alpha value is -3.78. The quantitative estimate of drug-likeness (QED) is 0.232. The molecule has 4 aromatic carbocycles. The molecular weight excluding hydrogens is 533 g/mol. The summed E-state index contributed by atoms with van der Waals surface area (Å²) in [6.07, 6.45) is 0. The van der Waals surface area contributed by atoms with Crippen LogP contribution >= 0.6 is 23.2 Å². The molecule has 5 aromatic rings. The third kappa shape index (κ3) is 4.69. The SMILES string of the molecule is O=C(O)c1cc2cc(OCc3c(Cl)cccc3Cl)ccc2n1S(=O)(=O)c1ccccc1-c1ccccc1. The van der Waals surface area contributed by atoms with Crippen LogP contribution in [0, 0.1) is 0 Å². The van der Waals surface area contributed by atoms with Crippen molar-refractivity contribution in [1.82, 2.24) is 3.97 Å². The summed E-state index contributed by atoms with van der Waals surface area (Å²) >= 11 is 12.4. The Bertz CT molecular complexity index is 1730. The Morgan fingerprint density at radius 1 is 0.838 bits per heavy atom. The van der Waals surface area contributed by atoms with Gasteiger partial charge < -0.3 is 9.84 Å². The number of fused-ring (bicyclic) bond motifs is 1. The molecule has 0 atom stereocenters. The van der Waals surface area contributed by atoms with Gasteiger partial charge in [-0.15, -0.1) is 0 Å². The second-order valence-corrected chi connectivity index (χ2v) is 10.7. The number of carboxylic acids is 1. The van der Waals surface area contributed by atoms with Gasteiger partial charge in [-0.2, -0.15) is 0 Å². The molecule has 0 bridgehead atoms. The van der Waals surface area contributed by atoms with E-state index in [0.717, 1.165) is 3.97 Å². The Labute approximate surface area is 223 Å². The maximum absolute atomic E-state index is 13.9. The molecule has 0 amide bonds. The van der Waals surface area contributed by atoms with E-state index in [-0.39, 0.29) is 22.7 Å². The molecule has 1 N–H and O–H groups in total. The van der Waals surface area contributed by atoms with Crippen molar-refractivity contribution in [1.29, 1.82) is 0 Å². The fraction of sp³-hybridized carbons (Fsp3) is 0.0357. The van der Waals surface area contributed by atoms with E-state index >= 15 is 0 Å². The molecule has 0 spiro atoms. The van der Waals surface area contributed by atoms with Crippen molar-refractivity contribution in [3.63, 3.8) is 0 Å². The van der Waals surface area contributed by atoms with E-state index in [0.29, 0.717) is 37.9 Å². The van der Waals surface area contributed by atoms with Crippen LogP contribution in [-0.4, -0.2) is 23.5 Å². The minimum atomic E-state index is -4.30. The van der Waals surface area contributed by atoms with E-state index in [2.05, 4.69) is 0 Å². The van der Waals surface area contributed by atoms with Gasteiger partial charge in [0.2, 0.25) is 0 Å². The van der Waals surface area contributed by atoms with Crippen molar-refractivity contribution in [2.75, 3.05) is 0 Å². The summed E-state index contributed by atoms with van der Waals surface area (Å²) in [5, 5.41) is 11.2. The van der Waals surface area contributed by atoms with Gasteiger partial charge in [-0.3, -0.25) is 0 Å². The summed E-state index contributed by atoms with van der Waals surface area (Å²) in [5.41, 5.74) is 1.60. The van der Waals surface area contributed by atoms with Gasteiger partial charge in [0, 0.05) is 26.6 Å². The summed E-state index contributed by atoms with van der Waals surface area (Å²) in [6.45, 7) is 0.0826. The number of carbonyl (C=O) groups is 1. The zero-order valence-corrected chi connectivity index (χ0v) is 21.5. The van der Waals surface area contributed by atoms with Gasteiger partial charge in [-0.1, -0.05) is 77.8 Å². The number of aromatic nitrogens is 1. The standard InChI is InChI=1S/C28H19Cl2NO5S/c29-23-10-6-11-24(30)22(23)17-36-20-13-14-25-19(15-20)16-26(28(32)33)31(25)37(34,35)27-12-5-4-9-21(27)18-7-2-1-3-8-18/h1-16H,17H2,(H,32,33). The lowest BCUT2D eigenvalue weighted by molar-refractivity contribution is 0.0689. The van der Waals surface area contributed by atoms with Crippen LogP contribution in [0.25, 0.3) is 22.0 Å². The summed E-state index contributed by atoms with van der Waals surface area (Å²) in [7, 11) is -4.30. The Morgan fingerprint density at radius 2 is 1.51 bits per heavy atom. The first-order chi connectivity index (χ1) is 17.8. The second-order valence-electron chi connectivity index (χ2n) is 8.18. The lowest BCUT2D eigenvalue weighted by atomic mass is 10.1. The molecule has 186 valence electrons. The van der Waals surface area contributed by atoms with Gasteiger partial charge in [-0.05, 0) is 48.0 Å². The maximum atomic E-state index is 13.9. The van der Waals surface area contributed by atoms with Crippen LogP contribution < -0.4 is 4.74 Å². The van der Waals surface area contributed by atoms with Gasteiger partial charge in [0.1, 0.15) is 18.1 Å². The van der Waals surface area contributed by atoms with E-state index in [1.54, 1.807) is 60.7 Å². The molecule has 1 aromatic heterocycles. The molecule has 0 aliphatic rings. The highest BCUT2D eigenvalue weighted by molar-refractivity contribution is 7.90. The van der Waals surface area contributed by atoms with Gasteiger partial charge in [0.25, 0.3) is 10.0 Å². The summed E-state index contributed by atoms with van der Waals surface area (Å²) in [4.78, 5) is 12.1. The van der Waals surface area contributed by atoms with Crippen LogP contribution in [-0.2, 0) is 16.6 Å². The topological polar surface area (TPSA) is 85.6 Å². The molecule has 1 heterocycles. The average Bonchev–Trinajstić information content (AvgIpc) is 3.29. The number of halogens is 2. The summed E-state index contributed by atoms with van der Waals surface area (Å²) in [5.74, 6) is -0.970. The average molecular weight is 552 g/mol. The van der Waals surface area contributed by atoms with Gasteiger partial charge in [0.05, 0.1) is 10.4 Å². The van der Waals surface area contributed by atoms with Crippen molar-refractivity contribution in [3.05, 3.63) is 118 Å². The van der Waals surface area contributed by atoms with Crippen LogP contribution in [0.5, 0.6) is 5.75 Å². The molecule has 0 aliphatic carbocycles. The first kappa shape index (κ1) is 24.9. The minimum Gasteiger partial charge on any atom is -0.489 e. The first-order valence-corrected chi connectivity index (χ1v) is 13.3. The third-order valence-electron chi connectivity index (χ3n) is 5.88. The number of carboxylic acid groups (broad SMARTS) is 1. The lowest BCUT2D eigenvalue weighted by Crippen LogP contribution is -2.19. The number of benzene rings is 4. The number of nitrogens with zero attached hydrogens (tertiary/aromatic N) is 1. The Balaban J connectivity index is 1.60. The molecule has 6 nitrogen and oxygen atoms in total. The molecule has 0 unspecified atom stereocenters. The molecule has 0 aliphatic heterocycles. The smallest absolute Gasteiger partial charge is 0.353 e. The Kier molecular flexibility index (Phi) is 6.69. The highest BCUT2D eigenvalue weighted by Gasteiger charge is 2.28. The molecule has 37 heavy (non-hydrogen) atoms. The molecular formula is C28H19Cl2NO5S. The molecule has 0 radical (unpaired) electrons. The molecule has 0 fully saturated rings. The highest BCUT2D eigenvalue weighted by atomic mass is 35.5. The molecule has 0 saturated heterocycles. The number of hydrogen-bond acceptors (Lipinski definition) is 4. The van der Waals surface area contributed by atoms with Crippen molar-refractivity contribution in [2.24, 2.45) is 0 Å². The van der Waals surface area contributed by atoms with Crippen molar-refractivity contribution in [2.45, 2.75) is 11.5 Å². The van der Waals surface area contributed by atoms with E-state index < -0.39 is 16.0 Å². The van der Waals surface area contributed by atoms with Crippen LogP contribution in [0.2, 0.25) is 10.0 Å². The molecule has 5 rings (SSSR count). The number of aromatic carboxylic acids is 1. The van der Waals surface area contributed by atoms with Crippen LogP contribution in [0.3, 0.4) is 0 Å². The zero-order chi connectivity index (χ0) is 26.2. The molecule has 0 saturated carbocycles. The predicted octanol–water partition coefficient (Wildman–Crippen LogP) is 7.13. The number of rotatable bonds is 7. The molecule has 9 heteroatoms. The third-order valence-corrected chi connectivity index (χ3v) is 8.38. The van der Waals surface area contributed by atoms with Gasteiger partial charge in [0.15, 0.2) is 0 Å². The predicted molar refractivity (Wildman–Crippen MR) is 144 cm³/mol. The summed E-state index contributed by atoms with van der Waals surface area (Å²) < 4.78 is 34.6. The Morgan fingerprint density at radius 3 is 2.22 bits per heavy atom. The van der Waals surface area contributed by atoms with E-state index in [1.165, 1.54) is 18.2 Å². The van der Waals surface area contributed by atoms with Crippen LogP contribution in [0.4, 0.5) is 0 Å². The fourth-order valence-corrected chi connectivity index (χ4v) is 6.37.